The Morgan fingerprint density at radius 2 is 2.12 bits per heavy atom. The number of hydrogen-bond donors (Lipinski definition) is 1. The van der Waals surface area contributed by atoms with Crippen molar-refractivity contribution in [2.45, 2.75) is 33.6 Å². The molecule has 0 saturated carbocycles. The summed E-state index contributed by atoms with van der Waals surface area (Å²) in [5, 5.41) is 7.97. The van der Waals surface area contributed by atoms with Crippen LogP contribution in [0.25, 0.3) is 5.65 Å². The van der Waals surface area contributed by atoms with Gasteiger partial charge in [-0.25, -0.2) is 9.50 Å². The summed E-state index contributed by atoms with van der Waals surface area (Å²) in [6.07, 6.45) is 3.20. The maximum absolute atomic E-state index is 12.3. The molecule has 0 aliphatic carbocycles. The lowest BCUT2D eigenvalue weighted by Crippen LogP contribution is -2.24. The molecule has 1 N–H and O–H groups in total. The molecule has 0 fully saturated rings. The second-order valence-electron chi connectivity index (χ2n) is 6.12. The van der Waals surface area contributed by atoms with Crippen molar-refractivity contribution in [3.05, 3.63) is 63.6 Å². The van der Waals surface area contributed by atoms with Gasteiger partial charge in [-0.15, -0.1) is 0 Å². The fourth-order valence-electron chi connectivity index (χ4n) is 2.91. The number of carbonyl (C=O) groups is 1. The maximum atomic E-state index is 12.3. The summed E-state index contributed by atoms with van der Waals surface area (Å²) in [6.45, 7) is 6.63. The Bertz CT molecular complexity index is 933. The Labute approximate surface area is 152 Å². The number of carbonyl (C=O) groups excluding carboxylic acids is 1. The zero-order valence-electron chi connectivity index (χ0n) is 14.6. The largest absolute Gasteiger partial charge is 0.352 e. The van der Waals surface area contributed by atoms with Gasteiger partial charge in [0.2, 0.25) is 0 Å². The first-order valence-electron chi connectivity index (χ1n) is 8.37. The van der Waals surface area contributed by atoms with Gasteiger partial charge in [-0.05, 0) is 43.5 Å². The third-order valence-electron chi connectivity index (χ3n) is 4.26. The van der Waals surface area contributed by atoms with Crippen molar-refractivity contribution < 1.29 is 4.79 Å². The number of aryl methyl sites for hydroxylation is 2. The van der Waals surface area contributed by atoms with E-state index in [-0.39, 0.29) is 5.91 Å². The molecule has 3 rings (SSSR count). The van der Waals surface area contributed by atoms with Crippen LogP contribution in [0.1, 0.15) is 46.2 Å². The number of nitrogens with one attached hydrogen (secondary N) is 1. The zero-order chi connectivity index (χ0) is 18.0. The highest BCUT2D eigenvalue weighted by Crippen LogP contribution is 2.21. The van der Waals surface area contributed by atoms with Crippen LogP contribution >= 0.6 is 11.6 Å². The molecule has 0 spiro atoms. The first-order valence-corrected chi connectivity index (χ1v) is 8.75. The fourth-order valence-corrected chi connectivity index (χ4v) is 3.12. The molecule has 0 atom stereocenters. The summed E-state index contributed by atoms with van der Waals surface area (Å²) in [4.78, 5) is 16.9. The highest BCUT2D eigenvalue weighted by atomic mass is 35.5. The zero-order valence-corrected chi connectivity index (χ0v) is 15.4. The van der Waals surface area contributed by atoms with Crippen molar-refractivity contribution in [2.75, 3.05) is 6.54 Å². The SMILES string of the molecule is CCCNC(=O)c1cnn2c(C)c(Cc3cccc(Cl)c3)c(C)nc12. The summed E-state index contributed by atoms with van der Waals surface area (Å²) >= 11 is 6.09. The molecule has 0 bridgehead atoms. The lowest BCUT2D eigenvalue weighted by atomic mass is 10.0. The second kappa shape index (κ2) is 7.23. The predicted octanol–water partition coefficient (Wildman–Crippen LogP) is 3.73. The quantitative estimate of drug-likeness (QED) is 0.757. The molecule has 0 radical (unpaired) electrons. The van der Waals surface area contributed by atoms with Gasteiger partial charge in [0, 0.05) is 29.4 Å². The smallest absolute Gasteiger partial charge is 0.256 e. The van der Waals surface area contributed by atoms with Crippen LogP contribution in [0.4, 0.5) is 0 Å². The Morgan fingerprint density at radius 3 is 2.84 bits per heavy atom. The van der Waals surface area contributed by atoms with E-state index in [1.165, 1.54) is 0 Å². The number of benzene rings is 1. The maximum Gasteiger partial charge on any atom is 0.256 e. The fraction of sp³-hybridized carbons (Fsp3) is 0.316. The summed E-state index contributed by atoms with van der Waals surface area (Å²) < 4.78 is 1.74. The van der Waals surface area contributed by atoms with Gasteiger partial charge in [-0.3, -0.25) is 4.79 Å². The Kier molecular flexibility index (Phi) is 5.04. The van der Waals surface area contributed by atoms with E-state index in [0.717, 1.165) is 40.4 Å². The van der Waals surface area contributed by atoms with Gasteiger partial charge in [0.15, 0.2) is 5.65 Å². The van der Waals surface area contributed by atoms with Gasteiger partial charge >= 0.3 is 0 Å². The minimum absolute atomic E-state index is 0.134. The average molecular weight is 357 g/mol. The average Bonchev–Trinajstić information content (AvgIpc) is 3.00. The van der Waals surface area contributed by atoms with E-state index < -0.39 is 0 Å². The van der Waals surface area contributed by atoms with E-state index in [1.54, 1.807) is 10.7 Å². The van der Waals surface area contributed by atoms with Crippen LogP contribution in [-0.4, -0.2) is 27.0 Å². The first-order chi connectivity index (χ1) is 12.0. The highest BCUT2D eigenvalue weighted by molar-refractivity contribution is 6.30. The van der Waals surface area contributed by atoms with Gasteiger partial charge in [0.05, 0.1) is 6.20 Å². The van der Waals surface area contributed by atoms with Crippen molar-refractivity contribution >= 4 is 23.2 Å². The van der Waals surface area contributed by atoms with Gasteiger partial charge in [-0.1, -0.05) is 30.7 Å². The van der Waals surface area contributed by atoms with Crippen LogP contribution < -0.4 is 5.32 Å². The third kappa shape index (κ3) is 3.51. The van der Waals surface area contributed by atoms with Crippen molar-refractivity contribution in [1.82, 2.24) is 19.9 Å². The Balaban J connectivity index is 2.01. The topological polar surface area (TPSA) is 59.3 Å². The van der Waals surface area contributed by atoms with E-state index in [2.05, 4.69) is 15.4 Å². The van der Waals surface area contributed by atoms with E-state index in [4.69, 9.17) is 11.6 Å². The lowest BCUT2D eigenvalue weighted by molar-refractivity contribution is 0.0955. The lowest BCUT2D eigenvalue weighted by Gasteiger charge is -2.12. The molecule has 3 aromatic rings. The second-order valence-corrected chi connectivity index (χ2v) is 6.55. The van der Waals surface area contributed by atoms with Crippen molar-refractivity contribution in [2.24, 2.45) is 0 Å². The molecule has 130 valence electrons. The third-order valence-corrected chi connectivity index (χ3v) is 4.49. The summed E-state index contributed by atoms with van der Waals surface area (Å²) in [5.74, 6) is -0.134. The first kappa shape index (κ1) is 17.4. The highest BCUT2D eigenvalue weighted by Gasteiger charge is 2.18. The van der Waals surface area contributed by atoms with E-state index in [0.29, 0.717) is 17.8 Å². The van der Waals surface area contributed by atoms with Crippen LogP contribution in [0.5, 0.6) is 0 Å². The van der Waals surface area contributed by atoms with Gasteiger partial charge in [0.1, 0.15) is 5.56 Å². The van der Waals surface area contributed by atoms with Crippen molar-refractivity contribution in [3.63, 3.8) is 0 Å². The standard InChI is InChI=1S/C19H21ClN4O/c1-4-8-21-19(25)17-11-22-24-13(3)16(12(2)23-18(17)24)10-14-6-5-7-15(20)9-14/h5-7,9,11H,4,8,10H2,1-3H3,(H,21,25). The molecule has 0 saturated heterocycles. The molecule has 25 heavy (non-hydrogen) atoms. The molecular weight excluding hydrogens is 336 g/mol. The molecule has 1 aromatic carbocycles. The molecule has 2 heterocycles. The van der Waals surface area contributed by atoms with E-state index in [1.807, 2.05) is 45.0 Å². The van der Waals surface area contributed by atoms with Crippen molar-refractivity contribution in [1.29, 1.82) is 0 Å². The minimum Gasteiger partial charge on any atom is -0.352 e. The van der Waals surface area contributed by atoms with Crippen molar-refractivity contribution in [3.8, 4) is 0 Å². The molecular formula is C19H21ClN4O. The molecule has 2 aromatic heterocycles. The van der Waals surface area contributed by atoms with E-state index in [9.17, 15) is 4.79 Å². The Hall–Kier alpha value is -2.40. The number of rotatable bonds is 5. The van der Waals surface area contributed by atoms with Crippen LogP contribution in [0.15, 0.2) is 30.5 Å². The molecule has 5 nitrogen and oxygen atoms in total. The van der Waals surface area contributed by atoms with Gasteiger partial charge in [-0.2, -0.15) is 5.10 Å². The number of amides is 1. The number of hydrogen-bond acceptors (Lipinski definition) is 3. The van der Waals surface area contributed by atoms with Gasteiger partial charge < -0.3 is 5.32 Å². The predicted molar refractivity (Wildman–Crippen MR) is 99.3 cm³/mol. The number of nitrogens with zero attached hydrogens (tertiary/aromatic N) is 3. The normalized spacial score (nSPS) is 11.0. The number of aromatic nitrogens is 3. The van der Waals surface area contributed by atoms with Crippen LogP contribution in [0.2, 0.25) is 5.02 Å². The molecule has 1 amide bonds. The molecule has 0 unspecified atom stereocenters. The Morgan fingerprint density at radius 1 is 1.32 bits per heavy atom. The number of halogens is 1. The monoisotopic (exact) mass is 356 g/mol. The summed E-state index contributed by atoms with van der Waals surface area (Å²) in [7, 11) is 0. The summed E-state index contributed by atoms with van der Waals surface area (Å²) in [6, 6.07) is 7.80. The van der Waals surface area contributed by atoms with Crippen LogP contribution in [0.3, 0.4) is 0 Å². The molecule has 6 heteroatoms. The molecule has 0 aliphatic heterocycles. The minimum atomic E-state index is -0.134. The van der Waals surface area contributed by atoms with Crippen LogP contribution in [-0.2, 0) is 6.42 Å². The van der Waals surface area contributed by atoms with Crippen LogP contribution in [0, 0.1) is 13.8 Å². The van der Waals surface area contributed by atoms with Gasteiger partial charge in [0.25, 0.3) is 5.91 Å². The number of fused-ring (bicyclic) bond motifs is 1. The summed E-state index contributed by atoms with van der Waals surface area (Å²) in [5.41, 5.74) is 5.20. The van der Waals surface area contributed by atoms with E-state index >= 15 is 0 Å². The molecule has 0 aliphatic rings.